The van der Waals surface area contributed by atoms with E-state index in [4.69, 9.17) is 16.3 Å². The molecule has 0 aromatic heterocycles. The predicted octanol–water partition coefficient (Wildman–Crippen LogP) is 0.447. The Hall–Kier alpha value is -1.63. The summed E-state index contributed by atoms with van der Waals surface area (Å²) in [5.74, 6) is -1.20. The third-order valence-corrected chi connectivity index (χ3v) is 3.85. The van der Waals surface area contributed by atoms with Gasteiger partial charge in [0.15, 0.2) is 0 Å². The van der Waals surface area contributed by atoms with Gasteiger partial charge in [0.05, 0.1) is 13.2 Å². The normalized spacial score (nSPS) is 15.2. The third-order valence-electron chi connectivity index (χ3n) is 3.61. The number of morpholine rings is 1. The van der Waals surface area contributed by atoms with E-state index in [1.54, 1.807) is 6.07 Å². The van der Waals surface area contributed by atoms with Crippen molar-refractivity contribution in [3.8, 4) is 0 Å². The molecule has 23 heavy (non-hydrogen) atoms. The van der Waals surface area contributed by atoms with Crippen LogP contribution in [0.3, 0.4) is 0 Å². The zero-order valence-corrected chi connectivity index (χ0v) is 13.8. The van der Waals surface area contributed by atoms with E-state index in [1.165, 1.54) is 0 Å². The molecule has 1 heterocycles. The summed E-state index contributed by atoms with van der Waals surface area (Å²) in [6, 6.07) is 7.43. The average molecular weight is 340 g/mol. The van der Waals surface area contributed by atoms with Crippen molar-refractivity contribution >= 4 is 23.4 Å². The van der Waals surface area contributed by atoms with Crippen LogP contribution in [0.5, 0.6) is 0 Å². The van der Waals surface area contributed by atoms with Crippen molar-refractivity contribution in [2.24, 2.45) is 0 Å². The molecule has 7 heteroatoms. The summed E-state index contributed by atoms with van der Waals surface area (Å²) < 4.78 is 5.25. The molecule has 1 saturated heterocycles. The van der Waals surface area contributed by atoms with E-state index in [0.29, 0.717) is 24.5 Å². The summed E-state index contributed by atoms with van der Waals surface area (Å²) in [6.45, 7) is 4.75. The number of nitrogens with zero attached hydrogens (tertiary/aromatic N) is 1. The molecule has 0 unspecified atom stereocenters. The highest BCUT2D eigenvalue weighted by molar-refractivity contribution is 6.35. The maximum atomic E-state index is 11.7. The van der Waals surface area contributed by atoms with E-state index in [9.17, 15) is 9.59 Å². The largest absolute Gasteiger partial charge is 0.379 e. The molecule has 1 aliphatic rings. The molecule has 6 nitrogen and oxygen atoms in total. The molecule has 0 aliphatic carbocycles. The van der Waals surface area contributed by atoms with Crippen molar-refractivity contribution in [2.75, 3.05) is 45.9 Å². The summed E-state index contributed by atoms with van der Waals surface area (Å²) in [6.07, 6.45) is 0.632. The number of nitrogens with one attached hydrogen (secondary N) is 2. The van der Waals surface area contributed by atoms with Crippen LogP contribution in [0.25, 0.3) is 0 Å². The number of carbonyl (C=O) groups is 2. The minimum absolute atomic E-state index is 0.399. The second kappa shape index (κ2) is 9.50. The van der Waals surface area contributed by atoms with E-state index in [2.05, 4.69) is 15.5 Å². The summed E-state index contributed by atoms with van der Waals surface area (Å²) in [4.78, 5) is 25.6. The molecule has 0 saturated carbocycles. The van der Waals surface area contributed by atoms with Gasteiger partial charge < -0.3 is 15.4 Å². The Morgan fingerprint density at radius 3 is 2.52 bits per heavy atom. The molecule has 0 atom stereocenters. The number of hydrogen-bond acceptors (Lipinski definition) is 4. The summed E-state index contributed by atoms with van der Waals surface area (Å²) in [5, 5.41) is 5.91. The Morgan fingerprint density at radius 2 is 1.83 bits per heavy atom. The van der Waals surface area contributed by atoms with Gasteiger partial charge in [-0.1, -0.05) is 23.7 Å². The topological polar surface area (TPSA) is 70.7 Å². The van der Waals surface area contributed by atoms with Gasteiger partial charge in [0.1, 0.15) is 0 Å². The fourth-order valence-electron chi connectivity index (χ4n) is 2.33. The quantitative estimate of drug-likeness (QED) is 0.738. The smallest absolute Gasteiger partial charge is 0.309 e. The van der Waals surface area contributed by atoms with Gasteiger partial charge in [0.25, 0.3) is 0 Å². The Morgan fingerprint density at radius 1 is 1.13 bits per heavy atom. The number of carbonyl (C=O) groups excluding carboxylic acids is 2. The molecule has 1 fully saturated rings. The van der Waals surface area contributed by atoms with Crippen LogP contribution >= 0.6 is 11.6 Å². The molecule has 126 valence electrons. The fraction of sp³-hybridized carbons (Fsp3) is 0.500. The van der Waals surface area contributed by atoms with Crippen LogP contribution in [-0.2, 0) is 20.7 Å². The van der Waals surface area contributed by atoms with Crippen LogP contribution in [0.4, 0.5) is 0 Å². The Kier molecular flexibility index (Phi) is 7.32. The van der Waals surface area contributed by atoms with Crippen LogP contribution in [0.2, 0.25) is 5.02 Å². The van der Waals surface area contributed by atoms with E-state index < -0.39 is 11.8 Å². The highest BCUT2D eigenvalue weighted by Gasteiger charge is 2.14. The minimum Gasteiger partial charge on any atom is -0.379 e. The van der Waals surface area contributed by atoms with Gasteiger partial charge in [-0.3, -0.25) is 14.5 Å². The Labute approximate surface area is 141 Å². The first-order valence-corrected chi connectivity index (χ1v) is 8.13. The Balaban J connectivity index is 1.59. The van der Waals surface area contributed by atoms with E-state index in [-0.39, 0.29) is 0 Å². The second-order valence-corrected chi connectivity index (χ2v) is 5.78. The first-order valence-electron chi connectivity index (χ1n) is 7.76. The first kappa shape index (κ1) is 17.7. The number of ether oxygens (including phenoxy) is 1. The maximum absolute atomic E-state index is 11.7. The highest BCUT2D eigenvalue weighted by atomic mass is 35.5. The number of benzene rings is 1. The molecule has 2 N–H and O–H groups in total. The van der Waals surface area contributed by atoms with Gasteiger partial charge in [-0.15, -0.1) is 0 Å². The van der Waals surface area contributed by atoms with Crippen LogP contribution in [0.1, 0.15) is 5.56 Å². The third kappa shape index (κ3) is 6.56. The van der Waals surface area contributed by atoms with Crippen LogP contribution < -0.4 is 10.6 Å². The van der Waals surface area contributed by atoms with Crippen molar-refractivity contribution in [2.45, 2.75) is 6.42 Å². The number of amides is 2. The Bertz CT molecular complexity index is 533. The number of hydrogen-bond donors (Lipinski definition) is 2. The molecule has 2 amide bonds. The molecular formula is C16H22ClN3O3. The second-order valence-electron chi connectivity index (χ2n) is 5.35. The molecule has 0 bridgehead atoms. The van der Waals surface area contributed by atoms with E-state index >= 15 is 0 Å². The molecule has 0 spiro atoms. The average Bonchev–Trinajstić information content (AvgIpc) is 2.55. The zero-order valence-electron chi connectivity index (χ0n) is 13.0. The van der Waals surface area contributed by atoms with Crippen LogP contribution in [-0.4, -0.2) is 62.7 Å². The van der Waals surface area contributed by atoms with Crippen molar-refractivity contribution in [1.82, 2.24) is 15.5 Å². The first-order chi connectivity index (χ1) is 11.1. The standard InChI is InChI=1S/C16H22ClN3O3/c17-14-3-1-2-13(12-14)4-5-18-15(21)16(22)19-6-7-20-8-10-23-11-9-20/h1-3,12H,4-11H2,(H,18,21)(H,19,22). The zero-order chi connectivity index (χ0) is 16.5. The molecule has 0 radical (unpaired) electrons. The van der Waals surface area contributed by atoms with Gasteiger partial charge in [0, 0.05) is 37.7 Å². The molecule has 2 rings (SSSR count). The molecule has 1 aromatic rings. The van der Waals surface area contributed by atoms with E-state index in [0.717, 1.165) is 38.4 Å². The monoisotopic (exact) mass is 339 g/mol. The van der Waals surface area contributed by atoms with E-state index in [1.807, 2.05) is 18.2 Å². The van der Waals surface area contributed by atoms with Gasteiger partial charge in [-0.25, -0.2) is 0 Å². The lowest BCUT2D eigenvalue weighted by Gasteiger charge is -2.26. The van der Waals surface area contributed by atoms with Crippen LogP contribution in [0, 0.1) is 0 Å². The molecule has 1 aromatic carbocycles. The summed E-state index contributed by atoms with van der Waals surface area (Å²) in [5.41, 5.74) is 1.02. The molecular weight excluding hydrogens is 318 g/mol. The van der Waals surface area contributed by atoms with Gasteiger partial charge in [-0.2, -0.15) is 0 Å². The number of halogens is 1. The van der Waals surface area contributed by atoms with Crippen molar-refractivity contribution in [3.05, 3.63) is 34.9 Å². The van der Waals surface area contributed by atoms with Gasteiger partial charge >= 0.3 is 11.8 Å². The summed E-state index contributed by atoms with van der Waals surface area (Å²) in [7, 11) is 0. The van der Waals surface area contributed by atoms with Crippen LogP contribution in [0.15, 0.2) is 24.3 Å². The van der Waals surface area contributed by atoms with Crippen molar-refractivity contribution < 1.29 is 14.3 Å². The van der Waals surface area contributed by atoms with Crippen molar-refractivity contribution in [1.29, 1.82) is 0 Å². The summed E-state index contributed by atoms with van der Waals surface area (Å²) >= 11 is 5.89. The lowest BCUT2D eigenvalue weighted by atomic mass is 10.1. The molecule has 1 aliphatic heterocycles. The predicted molar refractivity (Wildman–Crippen MR) is 88.4 cm³/mol. The van der Waals surface area contributed by atoms with Gasteiger partial charge in [0.2, 0.25) is 0 Å². The van der Waals surface area contributed by atoms with Gasteiger partial charge in [-0.05, 0) is 24.1 Å². The maximum Gasteiger partial charge on any atom is 0.309 e. The highest BCUT2D eigenvalue weighted by Crippen LogP contribution is 2.10. The van der Waals surface area contributed by atoms with Crippen molar-refractivity contribution in [3.63, 3.8) is 0 Å². The minimum atomic E-state index is -0.603. The fourth-order valence-corrected chi connectivity index (χ4v) is 2.54. The number of rotatable bonds is 6. The lowest BCUT2D eigenvalue weighted by molar-refractivity contribution is -0.139. The lowest BCUT2D eigenvalue weighted by Crippen LogP contribution is -2.45. The SMILES string of the molecule is O=C(NCCc1cccc(Cl)c1)C(=O)NCCN1CCOCC1.